The zero-order chi connectivity index (χ0) is 10.8. The van der Waals surface area contributed by atoms with Crippen LogP contribution in [0.25, 0.3) is 5.65 Å². The number of hydrogen-bond acceptors (Lipinski definition) is 1. The molecule has 15 heavy (non-hydrogen) atoms. The lowest BCUT2D eigenvalue weighted by atomic mass is 10.2. The van der Waals surface area contributed by atoms with Gasteiger partial charge in [-0.1, -0.05) is 26.3 Å². The summed E-state index contributed by atoms with van der Waals surface area (Å²) < 4.78 is 2.28. The monoisotopic (exact) mass is 202 g/mol. The SMILES string of the molecule is CCCc1nc2cccc(C)n2c1CC. The van der Waals surface area contributed by atoms with Crippen molar-refractivity contribution >= 4 is 5.65 Å². The van der Waals surface area contributed by atoms with Crippen LogP contribution >= 0.6 is 0 Å². The second-order valence-corrected chi connectivity index (χ2v) is 3.97. The molecule has 0 aromatic carbocycles. The number of fused-ring (bicyclic) bond motifs is 1. The summed E-state index contributed by atoms with van der Waals surface area (Å²) in [6.07, 6.45) is 3.31. The molecule has 2 aromatic rings. The molecule has 0 saturated heterocycles. The van der Waals surface area contributed by atoms with Crippen LogP contribution in [0.4, 0.5) is 0 Å². The van der Waals surface area contributed by atoms with Crippen molar-refractivity contribution in [1.82, 2.24) is 9.38 Å². The van der Waals surface area contributed by atoms with Gasteiger partial charge < -0.3 is 4.40 Å². The van der Waals surface area contributed by atoms with E-state index in [2.05, 4.69) is 43.4 Å². The predicted octanol–water partition coefficient (Wildman–Crippen LogP) is 3.16. The van der Waals surface area contributed by atoms with Crippen molar-refractivity contribution in [2.75, 3.05) is 0 Å². The van der Waals surface area contributed by atoms with Crippen LogP contribution in [0.5, 0.6) is 0 Å². The Morgan fingerprint density at radius 3 is 2.73 bits per heavy atom. The first-order valence-electron chi connectivity index (χ1n) is 5.73. The van der Waals surface area contributed by atoms with Crippen molar-refractivity contribution in [2.24, 2.45) is 0 Å². The van der Waals surface area contributed by atoms with Gasteiger partial charge in [0.05, 0.1) is 5.69 Å². The van der Waals surface area contributed by atoms with E-state index in [0.717, 1.165) is 24.9 Å². The Morgan fingerprint density at radius 2 is 2.07 bits per heavy atom. The molecule has 0 spiro atoms. The fourth-order valence-electron chi connectivity index (χ4n) is 2.17. The van der Waals surface area contributed by atoms with Crippen molar-refractivity contribution in [3.63, 3.8) is 0 Å². The maximum atomic E-state index is 4.70. The van der Waals surface area contributed by atoms with Crippen LogP contribution in [0.3, 0.4) is 0 Å². The smallest absolute Gasteiger partial charge is 0.137 e. The van der Waals surface area contributed by atoms with Crippen LogP contribution in [0.15, 0.2) is 18.2 Å². The highest BCUT2D eigenvalue weighted by molar-refractivity contribution is 5.45. The molecular formula is C13H18N2. The van der Waals surface area contributed by atoms with Crippen molar-refractivity contribution < 1.29 is 0 Å². The lowest BCUT2D eigenvalue weighted by molar-refractivity contribution is 0.855. The molecule has 2 rings (SSSR count). The molecule has 2 aromatic heterocycles. The molecule has 0 aliphatic carbocycles. The molecule has 0 aliphatic heterocycles. The lowest BCUT2D eigenvalue weighted by Crippen LogP contribution is -1.97. The minimum atomic E-state index is 1.06. The normalized spacial score (nSPS) is 11.1. The minimum Gasteiger partial charge on any atom is -0.301 e. The van der Waals surface area contributed by atoms with Gasteiger partial charge in [-0.25, -0.2) is 4.98 Å². The van der Waals surface area contributed by atoms with E-state index in [9.17, 15) is 0 Å². The molecular weight excluding hydrogens is 184 g/mol. The van der Waals surface area contributed by atoms with Crippen molar-refractivity contribution in [3.8, 4) is 0 Å². The Balaban J connectivity index is 2.68. The molecule has 0 atom stereocenters. The van der Waals surface area contributed by atoms with Gasteiger partial charge in [-0.15, -0.1) is 0 Å². The average molecular weight is 202 g/mol. The van der Waals surface area contributed by atoms with Crippen molar-refractivity contribution in [2.45, 2.75) is 40.0 Å². The summed E-state index contributed by atoms with van der Waals surface area (Å²) >= 11 is 0. The Morgan fingerprint density at radius 1 is 1.27 bits per heavy atom. The van der Waals surface area contributed by atoms with Gasteiger partial charge in [-0.3, -0.25) is 0 Å². The number of aromatic nitrogens is 2. The third-order valence-corrected chi connectivity index (χ3v) is 2.84. The molecule has 0 radical (unpaired) electrons. The maximum Gasteiger partial charge on any atom is 0.137 e. The molecule has 2 nitrogen and oxygen atoms in total. The van der Waals surface area contributed by atoms with Gasteiger partial charge in [-0.2, -0.15) is 0 Å². The number of nitrogens with zero attached hydrogens (tertiary/aromatic N) is 2. The Hall–Kier alpha value is -1.31. The second kappa shape index (κ2) is 4.05. The molecule has 80 valence electrons. The number of aryl methyl sites for hydroxylation is 3. The first-order valence-corrected chi connectivity index (χ1v) is 5.73. The standard InChI is InChI=1S/C13H18N2/c1-4-7-11-12(5-2)15-10(3)8-6-9-13(15)14-11/h6,8-9H,4-5,7H2,1-3H3. The number of rotatable bonds is 3. The van der Waals surface area contributed by atoms with Crippen LogP contribution in [-0.2, 0) is 12.8 Å². The van der Waals surface area contributed by atoms with Crippen LogP contribution in [-0.4, -0.2) is 9.38 Å². The minimum absolute atomic E-state index is 1.06. The van der Waals surface area contributed by atoms with Crippen LogP contribution in [0.1, 0.15) is 37.4 Å². The molecule has 0 aliphatic rings. The summed E-state index contributed by atoms with van der Waals surface area (Å²) in [5.41, 5.74) is 5.02. The second-order valence-electron chi connectivity index (χ2n) is 3.97. The van der Waals surface area contributed by atoms with Crippen molar-refractivity contribution in [1.29, 1.82) is 0 Å². The molecule has 2 heterocycles. The molecule has 0 amide bonds. The molecule has 2 heteroatoms. The summed E-state index contributed by atoms with van der Waals surface area (Å²) in [7, 11) is 0. The van der Waals surface area contributed by atoms with E-state index >= 15 is 0 Å². The summed E-state index contributed by atoms with van der Waals surface area (Å²) in [6.45, 7) is 6.55. The van der Waals surface area contributed by atoms with Crippen LogP contribution in [0.2, 0.25) is 0 Å². The Labute approximate surface area is 91.0 Å². The van der Waals surface area contributed by atoms with E-state index in [1.807, 2.05) is 0 Å². The Kier molecular flexibility index (Phi) is 2.76. The Bertz CT molecular complexity index is 469. The number of hydrogen-bond donors (Lipinski definition) is 0. The molecule has 0 saturated carbocycles. The topological polar surface area (TPSA) is 17.3 Å². The summed E-state index contributed by atoms with van der Waals surface area (Å²) in [4.78, 5) is 4.70. The first-order chi connectivity index (χ1) is 7.27. The highest BCUT2D eigenvalue weighted by atomic mass is 15.0. The number of pyridine rings is 1. The zero-order valence-electron chi connectivity index (χ0n) is 9.75. The summed E-state index contributed by atoms with van der Waals surface area (Å²) in [5.74, 6) is 0. The van der Waals surface area contributed by atoms with Gasteiger partial charge in [0.2, 0.25) is 0 Å². The van der Waals surface area contributed by atoms with Crippen LogP contribution < -0.4 is 0 Å². The fraction of sp³-hybridized carbons (Fsp3) is 0.462. The maximum absolute atomic E-state index is 4.70. The molecule has 0 bridgehead atoms. The van der Waals surface area contributed by atoms with E-state index < -0.39 is 0 Å². The first kappa shape index (κ1) is 10.2. The van der Waals surface area contributed by atoms with E-state index in [0.29, 0.717) is 0 Å². The summed E-state index contributed by atoms with van der Waals surface area (Å²) in [5, 5.41) is 0. The highest BCUT2D eigenvalue weighted by Crippen LogP contribution is 2.17. The summed E-state index contributed by atoms with van der Waals surface area (Å²) in [6, 6.07) is 6.31. The third kappa shape index (κ3) is 1.65. The average Bonchev–Trinajstić information content (AvgIpc) is 2.57. The van der Waals surface area contributed by atoms with Gasteiger partial charge in [0.15, 0.2) is 0 Å². The van der Waals surface area contributed by atoms with E-state index in [-0.39, 0.29) is 0 Å². The highest BCUT2D eigenvalue weighted by Gasteiger charge is 2.10. The quantitative estimate of drug-likeness (QED) is 0.747. The van der Waals surface area contributed by atoms with Gasteiger partial charge >= 0.3 is 0 Å². The van der Waals surface area contributed by atoms with Gasteiger partial charge in [0, 0.05) is 11.4 Å². The zero-order valence-corrected chi connectivity index (χ0v) is 9.75. The largest absolute Gasteiger partial charge is 0.301 e. The molecule has 0 N–H and O–H groups in total. The third-order valence-electron chi connectivity index (χ3n) is 2.84. The van der Waals surface area contributed by atoms with Gasteiger partial charge in [0.1, 0.15) is 5.65 Å². The predicted molar refractivity (Wildman–Crippen MR) is 63.3 cm³/mol. The van der Waals surface area contributed by atoms with Crippen LogP contribution in [0, 0.1) is 6.92 Å². The molecule has 0 fully saturated rings. The number of imidazole rings is 1. The fourth-order valence-corrected chi connectivity index (χ4v) is 2.17. The van der Waals surface area contributed by atoms with Gasteiger partial charge in [0.25, 0.3) is 0 Å². The van der Waals surface area contributed by atoms with E-state index in [1.165, 1.54) is 17.1 Å². The van der Waals surface area contributed by atoms with Crippen molar-refractivity contribution in [3.05, 3.63) is 35.3 Å². The lowest BCUT2D eigenvalue weighted by Gasteiger charge is -2.04. The van der Waals surface area contributed by atoms with E-state index in [1.54, 1.807) is 0 Å². The van der Waals surface area contributed by atoms with E-state index in [4.69, 9.17) is 4.98 Å². The molecule has 0 unspecified atom stereocenters. The van der Waals surface area contributed by atoms with Gasteiger partial charge in [-0.05, 0) is 31.9 Å².